The molecule has 0 heterocycles. The van der Waals surface area contributed by atoms with Crippen LogP contribution in [0.5, 0.6) is 11.5 Å². The summed E-state index contributed by atoms with van der Waals surface area (Å²) in [5.74, 6) is -0.600. The topological polar surface area (TPSA) is 77.1 Å². The predicted molar refractivity (Wildman–Crippen MR) is 96.2 cm³/mol. The minimum atomic E-state index is -0.586. The quantitative estimate of drug-likeness (QED) is 0.762. The average Bonchev–Trinajstić information content (AvgIpc) is 2.56. The Morgan fingerprint density at radius 1 is 1.38 bits per heavy atom. The van der Waals surface area contributed by atoms with E-state index in [0.29, 0.717) is 27.4 Å². The van der Waals surface area contributed by atoms with Gasteiger partial charge in [-0.25, -0.2) is 0 Å². The van der Waals surface area contributed by atoms with E-state index in [1.807, 2.05) is 12.1 Å². The lowest BCUT2D eigenvalue weighted by Gasteiger charge is -2.31. The van der Waals surface area contributed by atoms with Gasteiger partial charge in [-0.3, -0.25) is 0 Å². The van der Waals surface area contributed by atoms with Crippen molar-refractivity contribution in [2.45, 2.75) is 12.3 Å². The molecule has 1 aliphatic rings. The number of methoxy groups -OCH3 is 1. The molecule has 2 N–H and O–H groups in total. The van der Waals surface area contributed by atoms with E-state index in [-0.39, 0.29) is 11.7 Å². The highest BCUT2D eigenvalue weighted by atomic mass is 79.9. The molecule has 0 aliphatic heterocycles. The van der Waals surface area contributed by atoms with Crippen LogP contribution in [0, 0.1) is 22.7 Å². The number of nitriles is 1. The van der Waals surface area contributed by atoms with Gasteiger partial charge in [0.2, 0.25) is 0 Å². The van der Waals surface area contributed by atoms with Gasteiger partial charge in [0.15, 0.2) is 11.5 Å². The van der Waals surface area contributed by atoms with Crippen LogP contribution < -0.4 is 4.74 Å². The maximum Gasteiger partial charge on any atom is 0.172 e. The molecular weight excluding hydrogens is 392 g/mol. The van der Waals surface area contributed by atoms with Crippen molar-refractivity contribution in [2.75, 3.05) is 7.11 Å². The number of rotatable bonds is 2. The molecule has 0 fully saturated rings. The minimum absolute atomic E-state index is 0.00645. The highest BCUT2D eigenvalue weighted by Gasteiger charge is 2.35. The van der Waals surface area contributed by atoms with Crippen LogP contribution in [-0.2, 0) is 6.42 Å². The second-order valence-electron chi connectivity index (χ2n) is 5.68. The van der Waals surface area contributed by atoms with Gasteiger partial charge in [-0.1, -0.05) is 17.7 Å². The van der Waals surface area contributed by atoms with Gasteiger partial charge in [0.1, 0.15) is 0 Å². The maximum atomic E-state index is 10.0. The molecule has 0 spiro atoms. The summed E-state index contributed by atoms with van der Waals surface area (Å²) in [5, 5.41) is 28.5. The Kier molecular flexibility index (Phi) is 4.53. The molecular formula is C18H14BrClN2O2. The van der Waals surface area contributed by atoms with Gasteiger partial charge in [0.25, 0.3) is 0 Å². The van der Waals surface area contributed by atoms with Gasteiger partial charge in [0.05, 0.1) is 23.6 Å². The summed E-state index contributed by atoms with van der Waals surface area (Å²) in [6, 6.07) is 11.3. The molecule has 2 atom stereocenters. The summed E-state index contributed by atoms with van der Waals surface area (Å²) in [7, 11) is 1.47. The first-order valence-electron chi connectivity index (χ1n) is 7.28. The average molecular weight is 406 g/mol. The number of nitrogens with zero attached hydrogens (tertiary/aromatic N) is 1. The zero-order valence-corrected chi connectivity index (χ0v) is 15.1. The fraction of sp³-hybridized carbons (Fsp3) is 0.222. The van der Waals surface area contributed by atoms with Crippen LogP contribution >= 0.6 is 27.5 Å². The van der Waals surface area contributed by atoms with E-state index in [0.717, 1.165) is 16.7 Å². The van der Waals surface area contributed by atoms with Crippen LogP contribution in [0.3, 0.4) is 0 Å². The van der Waals surface area contributed by atoms with Crippen molar-refractivity contribution in [1.82, 2.24) is 0 Å². The number of phenols is 1. The van der Waals surface area contributed by atoms with Crippen LogP contribution in [0.2, 0.25) is 5.02 Å². The van der Waals surface area contributed by atoms with Gasteiger partial charge in [-0.05, 0) is 56.9 Å². The smallest absolute Gasteiger partial charge is 0.172 e. The van der Waals surface area contributed by atoms with Crippen molar-refractivity contribution in [3.63, 3.8) is 0 Å². The number of nitrogens with one attached hydrogen (secondary N) is 1. The van der Waals surface area contributed by atoms with Crippen molar-refractivity contribution in [1.29, 1.82) is 10.7 Å². The summed E-state index contributed by atoms with van der Waals surface area (Å²) in [6.07, 6.45) is 0.442. The largest absolute Gasteiger partial charge is 0.503 e. The molecule has 3 rings (SSSR count). The molecule has 4 nitrogen and oxygen atoms in total. The van der Waals surface area contributed by atoms with E-state index in [9.17, 15) is 10.4 Å². The first-order valence-corrected chi connectivity index (χ1v) is 8.45. The molecule has 2 aromatic carbocycles. The fourth-order valence-corrected chi connectivity index (χ4v) is 3.81. The molecule has 0 saturated heterocycles. The molecule has 0 radical (unpaired) electrons. The lowest BCUT2D eigenvalue weighted by atomic mass is 9.71. The second-order valence-corrected chi connectivity index (χ2v) is 6.97. The SMILES string of the molecule is COc1cc(C2c3cc(Cl)ccc3CC(=N)C2C#N)cc(Br)c1O. The lowest BCUT2D eigenvalue weighted by molar-refractivity contribution is 0.371. The van der Waals surface area contributed by atoms with Gasteiger partial charge in [0, 0.05) is 23.1 Å². The number of phenolic OH excluding ortho intramolecular Hbond substituents is 1. The third-order valence-corrected chi connectivity index (χ3v) is 5.14. The summed E-state index contributed by atoms with van der Waals surface area (Å²) in [6.45, 7) is 0. The summed E-state index contributed by atoms with van der Waals surface area (Å²) in [5.41, 5.74) is 3.09. The molecule has 24 heavy (non-hydrogen) atoms. The monoisotopic (exact) mass is 404 g/mol. The Morgan fingerprint density at radius 2 is 2.12 bits per heavy atom. The van der Waals surface area contributed by atoms with E-state index >= 15 is 0 Å². The molecule has 1 aliphatic carbocycles. The lowest BCUT2D eigenvalue weighted by Crippen LogP contribution is -2.29. The molecule has 2 aromatic rings. The number of fused-ring (bicyclic) bond motifs is 1. The number of aromatic hydroxyl groups is 1. The minimum Gasteiger partial charge on any atom is -0.503 e. The maximum absolute atomic E-state index is 10.0. The van der Waals surface area contributed by atoms with Crippen molar-refractivity contribution in [2.24, 2.45) is 5.92 Å². The Labute approximate surface area is 153 Å². The Morgan fingerprint density at radius 3 is 2.79 bits per heavy atom. The van der Waals surface area contributed by atoms with Crippen molar-refractivity contribution in [3.8, 4) is 17.6 Å². The molecule has 0 saturated carbocycles. The van der Waals surface area contributed by atoms with Gasteiger partial charge in [-0.2, -0.15) is 5.26 Å². The summed E-state index contributed by atoms with van der Waals surface area (Å²) >= 11 is 9.48. The van der Waals surface area contributed by atoms with Crippen LogP contribution in [0.1, 0.15) is 22.6 Å². The van der Waals surface area contributed by atoms with E-state index in [2.05, 4.69) is 22.0 Å². The van der Waals surface area contributed by atoms with Crippen LogP contribution in [0.4, 0.5) is 0 Å². The highest BCUT2D eigenvalue weighted by molar-refractivity contribution is 9.10. The number of halogens is 2. The predicted octanol–water partition coefficient (Wildman–Crippen LogP) is 4.66. The van der Waals surface area contributed by atoms with E-state index in [1.165, 1.54) is 7.11 Å². The summed E-state index contributed by atoms with van der Waals surface area (Å²) < 4.78 is 5.70. The molecule has 0 aromatic heterocycles. The molecule has 0 amide bonds. The van der Waals surface area contributed by atoms with E-state index < -0.39 is 5.92 Å². The zero-order valence-electron chi connectivity index (χ0n) is 12.8. The number of hydrogen-bond acceptors (Lipinski definition) is 4. The molecule has 0 bridgehead atoms. The third kappa shape index (κ3) is 2.77. The highest BCUT2D eigenvalue weighted by Crippen LogP contribution is 2.44. The second kappa shape index (κ2) is 6.46. The van der Waals surface area contributed by atoms with Crippen molar-refractivity contribution in [3.05, 3.63) is 56.5 Å². The Bertz CT molecular complexity index is 876. The number of benzene rings is 2. The first kappa shape index (κ1) is 16.8. The van der Waals surface area contributed by atoms with Crippen molar-refractivity contribution < 1.29 is 9.84 Å². The van der Waals surface area contributed by atoms with Crippen molar-refractivity contribution >= 4 is 33.2 Å². The summed E-state index contributed by atoms with van der Waals surface area (Å²) in [4.78, 5) is 0. The van der Waals surface area contributed by atoms with E-state index in [1.54, 1.807) is 18.2 Å². The van der Waals surface area contributed by atoms with Gasteiger partial charge in [-0.15, -0.1) is 0 Å². The van der Waals surface area contributed by atoms with E-state index in [4.69, 9.17) is 21.7 Å². The Hall–Kier alpha value is -2.03. The molecule has 122 valence electrons. The normalized spacial score (nSPS) is 19.5. The van der Waals surface area contributed by atoms with Crippen LogP contribution in [0.25, 0.3) is 0 Å². The fourth-order valence-electron chi connectivity index (χ4n) is 3.17. The Balaban J connectivity index is 2.25. The number of ether oxygens (including phenoxy) is 1. The number of hydrogen-bond donors (Lipinski definition) is 2. The zero-order chi connectivity index (χ0) is 17.4. The molecule has 2 unspecified atom stereocenters. The van der Waals surface area contributed by atoms with Crippen LogP contribution in [0.15, 0.2) is 34.8 Å². The van der Waals surface area contributed by atoms with Gasteiger partial charge >= 0.3 is 0 Å². The standard InChI is InChI=1S/C18H14BrClN2O2/c1-24-16-6-10(4-14(19)18(16)23)17-12-7-11(20)3-2-9(12)5-15(22)13(17)8-21/h2-4,6-7,13,17,22-23H,5H2,1H3. The van der Waals surface area contributed by atoms with Gasteiger partial charge < -0.3 is 15.3 Å². The molecule has 6 heteroatoms. The first-order chi connectivity index (χ1) is 11.5. The van der Waals surface area contributed by atoms with Crippen LogP contribution in [-0.4, -0.2) is 17.9 Å². The third-order valence-electron chi connectivity index (χ3n) is 4.30.